The van der Waals surface area contributed by atoms with Crippen LogP contribution in [0.5, 0.6) is 5.88 Å². The maximum Gasteiger partial charge on any atom is 0.247 e. The Balaban J connectivity index is 1.59. The molecule has 1 saturated heterocycles. The number of carbonyl (C=O) groups excluding carboxylic acids is 1. The maximum absolute atomic E-state index is 12.8. The molecule has 8 nitrogen and oxygen atoms in total. The molecule has 1 aromatic heterocycles. The summed E-state index contributed by atoms with van der Waals surface area (Å²) >= 11 is 0. The normalized spacial score (nSPS) is 15.8. The third-order valence-corrected chi connectivity index (χ3v) is 5.60. The molecule has 1 amide bonds. The van der Waals surface area contributed by atoms with E-state index in [1.54, 1.807) is 43.6 Å². The number of hydrogen-bond donors (Lipinski definition) is 1. The summed E-state index contributed by atoms with van der Waals surface area (Å²) in [5, 5.41) is 2.67. The van der Waals surface area contributed by atoms with Gasteiger partial charge in [-0.05, 0) is 30.3 Å². The first kappa shape index (κ1) is 19.0. The van der Waals surface area contributed by atoms with E-state index in [2.05, 4.69) is 21.9 Å². The van der Waals surface area contributed by atoms with Crippen molar-refractivity contribution in [1.29, 1.82) is 0 Å². The first-order valence-electron chi connectivity index (χ1n) is 8.43. The van der Waals surface area contributed by atoms with Gasteiger partial charge in [0.2, 0.25) is 17.7 Å². The minimum absolute atomic E-state index is 0.278. The number of ether oxygens (including phenoxy) is 1. The highest BCUT2D eigenvalue weighted by Crippen LogP contribution is 2.19. The summed E-state index contributed by atoms with van der Waals surface area (Å²) in [6.45, 7) is 6.01. The van der Waals surface area contributed by atoms with Gasteiger partial charge in [-0.2, -0.15) is 4.98 Å². The number of carbonyl (C=O) groups is 1. The second-order valence-corrected chi connectivity index (χ2v) is 7.27. The first-order valence-corrected chi connectivity index (χ1v) is 9.53. The standard InChI is InChI=1S/C18H21N5O3S/c1-3-16(24)20-14-4-6-15(7-5-14)27(25)23-12-10-22(11-13-23)18-19-9-8-17(21-18)26-2/h3-9H,1,10-13H2,2H3,(H,20,24). The van der Waals surface area contributed by atoms with Gasteiger partial charge in [-0.1, -0.05) is 6.58 Å². The number of piperazine rings is 1. The highest BCUT2D eigenvalue weighted by Gasteiger charge is 2.23. The second kappa shape index (κ2) is 8.74. The van der Waals surface area contributed by atoms with Gasteiger partial charge in [0.15, 0.2) is 0 Å². The molecule has 0 radical (unpaired) electrons. The van der Waals surface area contributed by atoms with E-state index >= 15 is 0 Å². The van der Waals surface area contributed by atoms with Crippen LogP contribution < -0.4 is 15.0 Å². The minimum atomic E-state index is -1.26. The molecular formula is C18H21N5O3S. The molecule has 0 bridgehead atoms. The van der Waals surface area contributed by atoms with Crippen molar-refractivity contribution in [1.82, 2.24) is 14.3 Å². The van der Waals surface area contributed by atoms with Gasteiger partial charge in [0.05, 0.1) is 12.0 Å². The van der Waals surface area contributed by atoms with E-state index in [0.29, 0.717) is 48.6 Å². The predicted molar refractivity (Wildman–Crippen MR) is 104 cm³/mol. The van der Waals surface area contributed by atoms with Crippen LogP contribution in [-0.2, 0) is 15.8 Å². The number of nitrogens with one attached hydrogen (secondary N) is 1. The van der Waals surface area contributed by atoms with Crippen molar-refractivity contribution in [2.45, 2.75) is 4.90 Å². The molecule has 1 N–H and O–H groups in total. The van der Waals surface area contributed by atoms with Gasteiger partial charge in [-0.3, -0.25) is 4.79 Å². The molecule has 1 atom stereocenters. The van der Waals surface area contributed by atoms with Crippen LogP contribution in [0.1, 0.15) is 0 Å². The number of aromatic nitrogens is 2. The van der Waals surface area contributed by atoms with Crippen molar-refractivity contribution >= 4 is 28.5 Å². The Hall–Kier alpha value is -2.78. The van der Waals surface area contributed by atoms with E-state index in [4.69, 9.17) is 4.74 Å². The first-order chi connectivity index (χ1) is 13.1. The van der Waals surface area contributed by atoms with Crippen molar-refractivity contribution < 1.29 is 13.7 Å². The second-order valence-electron chi connectivity index (χ2n) is 5.78. The summed E-state index contributed by atoms with van der Waals surface area (Å²) in [6, 6.07) is 8.68. The number of anilines is 2. The topological polar surface area (TPSA) is 87.7 Å². The maximum atomic E-state index is 12.8. The molecule has 1 aliphatic heterocycles. The fourth-order valence-electron chi connectivity index (χ4n) is 2.65. The van der Waals surface area contributed by atoms with Crippen molar-refractivity contribution in [2.75, 3.05) is 43.5 Å². The summed E-state index contributed by atoms with van der Waals surface area (Å²) in [5.74, 6) is 0.858. The lowest BCUT2D eigenvalue weighted by atomic mass is 10.3. The Morgan fingerprint density at radius 3 is 2.56 bits per heavy atom. The highest BCUT2D eigenvalue weighted by atomic mass is 32.2. The zero-order valence-corrected chi connectivity index (χ0v) is 15.8. The van der Waals surface area contributed by atoms with E-state index in [0.717, 1.165) is 0 Å². The van der Waals surface area contributed by atoms with Gasteiger partial charge in [0, 0.05) is 44.1 Å². The average Bonchev–Trinajstić information content (AvgIpc) is 2.74. The lowest BCUT2D eigenvalue weighted by Crippen LogP contribution is -2.47. The summed E-state index contributed by atoms with van der Waals surface area (Å²) in [7, 11) is 0.309. The quantitative estimate of drug-likeness (QED) is 0.755. The largest absolute Gasteiger partial charge is 0.481 e. The van der Waals surface area contributed by atoms with Crippen molar-refractivity contribution in [3.8, 4) is 5.88 Å². The SMILES string of the molecule is C=CC(=O)Nc1ccc(S(=O)N2CCN(c3nccc(OC)n3)CC2)cc1. The van der Waals surface area contributed by atoms with Gasteiger partial charge in [0.25, 0.3) is 0 Å². The molecular weight excluding hydrogens is 366 g/mol. The summed E-state index contributed by atoms with van der Waals surface area (Å²) in [5.41, 5.74) is 0.639. The Labute approximate surface area is 160 Å². The zero-order chi connectivity index (χ0) is 19.2. The van der Waals surface area contributed by atoms with Crippen LogP contribution in [0.3, 0.4) is 0 Å². The molecule has 0 aliphatic carbocycles. The fraction of sp³-hybridized carbons (Fsp3) is 0.278. The third-order valence-electron chi connectivity index (χ3n) is 4.09. The Morgan fingerprint density at radius 1 is 1.22 bits per heavy atom. The summed E-state index contributed by atoms with van der Waals surface area (Å²) in [6.07, 6.45) is 2.87. The third kappa shape index (κ3) is 4.69. The molecule has 2 aromatic rings. The lowest BCUT2D eigenvalue weighted by molar-refractivity contribution is -0.111. The van der Waals surface area contributed by atoms with Crippen LogP contribution in [0.15, 0.2) is 54.1 Å². The van der Waals surface area contributed by atoms with Crippen LogP contribution in [0.2, 0.25) is 0 Å². The predicted octanol–water partition coefficient (Wildman–Crippen LogP) is 1.45. The molecule has 142 valence electrons. The molecule has 1 fully saturated rings. The molecule has 0 spiro atoms. The van der Waals surface area contributed by atoms with Crippen molar-refractivity contribution in [2.24, 2.45) is 0 Å². The molecule has 1 aromatic carbocycles. The van der Waals surface area contributed by atoms with Gasteiger partial charge in [0.1, 0.15) is 11.0 Å². The van der Waals surface area contributed by atoms with Crippen molar-refractivity contribution in [3.63, 3.8) is 0 Å². The summed E-state index contributed by atoms with van der Waals surface area (Å²) in [4.78, 5) is 22.7. The number of rotatable bonds is 6. The monoisotopic (exact) mass is 387 g/mol. The molecule has 2 heterocycles. The van der Waals surface area contributed by atoms with Crippen molar-refractivity contribution in [3.05, 3.63) is 49.2 Å². The molecule has 27 heavy (non-hydrogen) atoms. The minimum Gasteiger partial charge on any atom is -0.481 e. The van der Waals surface area contributed by atoms with E-state index in [9.17, 15) is 9.00 Å². The Morgan fingerprint density at radius 2 is 1.93 bits per heavy atom. The van der Waals surface area contributed by atoms with E-state index in [1.807, 2.05) is 9.21 Å². The molecule has 9 heteroatoms. The van der Waals surface area contributed by atoms with E-state index in [-0.39, 0.29) is 5.91 Å². The van der Waals surface area contributed by atoms with Gasteiger partial charge < -0.3 is 15.0 Å². The Kier molecular flexibility index (Phi) is 6.15. The fourth-order valence-corrected chi connectivity index (χ4v) is 3.81. The average molecular weight is 387 g/mol. The van der Waals surface area contributed by atoms with Crippen LogP contribution in [0.25, 0.3) is 0 Å². The van der Waals surface area contributed by atoms with E-state index in [1.165, 1.54) is 6.08 Å². The molecule has 1 aliphatic rings. The number of benzene rings is 1. The van der Waals surface area contributed by atoms with Crippen LogP contribution in [-0.4, -0.2) is 57.7 Å². The number of hydrogen-bond acceptors (Lipinski definition) is 6. The smallest absolute Gasteiger partial charge is 0.247 e. The summed E-state index contributed by atoms with van der Waals surface area (Å²) < 4.78 is 19.8. The number of amides is 1. The van der Waals surface area contributed by atoms with Crippen LogP contribution in [0.4, 0.5) is 11.6 Å². The zero-order valence-electron chi connectivity index (χ0n) is 15.0. The van der Waals surface area contributed by atoms with E-state index < -0.39 is 11.0 Å². The molecule has 1 unspecified atom stereocenters. The molecule has 3 rings (SSSR count). The lowest BCUT2D eigenvalue weighted by Gasteiger charge is -2.33. The number of methoxy groups -OCH3 is 1. The van der Waals surface area contributed by atoms with Gasteiger partial charge in [-0.15, -0.1) is 0 Å². The van der Waals surface area contributed by atoms with Crippen LogP contribution >= 0.6 is 0 Å². The number of nitrogens with zero attached hydrogens (tertiary/aromatic N) is 4. The Bertz CT molecular complexity index is 835. The highest BCUT2D eigenvalue weighted by molar-refractivity contribution is 7.82. The molecule has 0 saturated carbocycles. The van der Waals surface area contributed by atoms with Gasteiger partial charge in [-0.25, -0.2) is 13.5 Å². The van der Waals surface area contributed by atoms with Gasteiger partial charge >= 0.3 is 0 Å². The van der Waals surface area contributed by atoms with Crippen LogP contribution in [0, 0.1) is 0 Å².